The van der Waals surface area contributed by atoms with Gasteiger partial charge in [0.25, 0.3) is 11.8 Å². The number of nitrogens with one attached hydrogen (secondary N) is 2. The third kappa shape index (κ3) is 4.69. The smallest absolute Gasteiger partial charge is 0.328 e. The lowest BCUT2D eigenvalue weighted by Gasteiger charge is -2.16. The standard InChI is InChI=1S/C20H17IN2O5/c1-2-27-16-10-13(8-14-18(24)22-20(26)23-19(14)25)9-15(21)17(16)28-11-12-6-4-3-5-7-12/h3-10H,2,11H2,1H3,(H2,22,23,24,25,26). The summed E-state index contributed by atoms with van der Waals surface area (Å²) in [6.07, 6.45) is 1.41. The van der Waals surface area contributed by atoms with Gasteiger partial charge >= 0.3 is 6.03 Å². The number of hydrogen-bond donors (Lipinski definition) is 2. The van der Waals surface area contributed by atoms with Crippen LogP contribution in [0.25, 0.3) is 6.08 Å². The minimum atomic E-state index is -0.832. The van der Waals surface area contributed by atoms with Gasteiger partial charge in [-0.1, -0.05) is 30.3 Å². The molecule has 2 aromatic carbocycles. The summed E-state index contributed by atoms with van der Waals surface area (Å²) in [4.78, 5) is 35.0. The summed E-state index contributed by atoms with van der Waals surface area (Å²) in [7, 11) is 0. The van der Waals surface area contributed by atoms with Crippen molar-refractivity contribution in [2.75, 3.05) is 6.61 Å². The van der Waals surface area contributed by atoms with Gasteiger partial charge in [0.05, 0.1) is 10.2 Å². The highest BCUT2D eigenvalue weighted by atomic mass is 127. The van der Waals surface area contributed by atoms with Gasteiger partial charge in [0.2, 0.25) is 0 Å². The lowest BCUT2D eigenvalue weighted by molar-refractivity contribution is -0.123. The fourth-order valence-electron chi connectivity index (χ4n) is 2.58. The number of halogens is 1. The van der Waals surface area contributed by atoms with Crippen LogP contribution in [0.1, 0.15) is 18.1 Å². The van der Waals surface area contributed by atoms with Crippen LogP contribution in [-0.4, -0.2) is 24.5 Å². The maximum atomic E-state index is 11.9. The number of ether oxygens (including phenoxy) is 2. The van der Waals surface area contributed by atoms with Gasteiger partial charge in [-0.15, -0.1) is 0 Å². The Morgan fingerprint density at radius 3 is 2.32 bits per heavy atom. The van der Waals surface area contributed by atoms with E-state index in [-0.39, 0.29) is 5.57 Å². The number of urea groups is 1. The van der Waals surface area contributed by atoms with Gasteiger partial charge in [0, 0.05) is 0 Å². The van der Waals surface area contributed by atoms with Crippen molar-refractivity contribution in [2.45, 2.75) is 13.5 Å². The monoisotopic (exact) mass is 492 g/mol. The number of imide groups is 2. The number of amides is 4. The van der Waals surface area contributed by atoms with Crippen LogP contribution in [0.2, 0.25) is 0 Å². The first-order chi connectivity index (χ1) is 13.5. The molecule has 4 amide bonds. The third-order valence-corrected chi connectivity index (χ3v) is 4.61. The average Bonchev–Trinajstić information content (AvgIpc) is 2.65. The minimum absolute atomic E-state index is 0.157. The Kier molecular flexibility index (Phi) is 6.30. The quantitative estimate of drug-likeness (QED) is 0.368. The highest BCUT2D eigenvalue weighted by molar-refractivity contribution is 14.1. The van der Waals surface area contributed by atoms with Crippen molar-refractivity contribution in [1.82, 2.24) is 10.6 Å². The Bertz CT molecular complexity index is 935. The summed E-state index contributed by atoms with van der Waals surface area (Å²) >= 11 is 2.11. The lowest BCUT2D eigenvalue weighted by Crippen LogP contribution is -2.51. The lowest BCUT2D eigenvalue weighted by atomic mass is 10.1. The van der Waals surface area contributed by atoms with Crippen molar-refractivity contribution in [3.63, 3.8) is 0 Å². The molecular formula is C20H17IN2O5. The summed E-state index contributed by atoms with van der Waals surface area (Å²) in [5.74, 6) is -0.400. The van der Waals surface area contributed by atoms with E-state index in [1.165, 1.54) is 6.08 Å². The average molecular weight is 492 g/mol. The largest absolute Gasteiger partial charge is 0.490 e. The van der Waals surface area contributed by atoms with Crippen molar-refractivity contribution in [3.8, 4) is 11.5 Å². The van der Waals surface area contributed by atoms with Crippen molar-refractivity contribution in [2.24, 2.45) is 0 Å². The number of carbonyl (C=O) groups excluding carboxylic acids is 3. The molecule has 3 rings (SSSR count). The van der Waals surface area contributed by atoms with Gasteiger partial charge in [-0.05, 0) is 58.9 Å². The van der Waals surface area contributed by atoms with Crippen LogP contribution in [0, 0.1) is 3.57 Å². The number of benzene rings is 2. The fourth-order valence-corrected chi connectivity index (χ4v) is 3.36. The van der Waals surface area contributed by atoms with Gasteiger partial charge in [-0.3, -0.25) is 20.2 Å². The number of carbonyl (C=O) groups is 3. The summed E-state index contributed by atoms with van der Waals surface area (Å²) in [6, 6.07) is 12.4. The van der Waals surface area contributed by atoms with E-state index < -0.39 is 17.8 Å². The van der Waals surface area contributed by atoms with E-state index in [1.807, 2.05) is 47.9 Å². The summed E-state index contributed by atoms with van der Waals surface area (Å²) in [5.41, 5.74) is 1.44. The molecule has 7 nitrogen and oxygen atoms in total. The van der Waals surface area contributed by atoms with Crippen LogP contribution < -0.4 is 20.1 Å². The molecule has 0 bridgehead atoms. The van der Waals surface area contributed by atoms with Crippen LogP contribution >= 0.6 is 22.6 Å². The van der Waals surface area contributed by atoms with E-state index >= 15 is 0 Å². The number of hydrogen-bond acceptors (Lipinski definition) is 5. The zero-order chi connectivity index (χ0) is 20.1. The van der Waals surface area contributed by atoms with Crippen LogP contribution in [0.3, 0.4) is 0 Å². The molecule has 28 heavy (non-hydrogen) atoms. The predicted molar refractivity (Wildman–Crippen MR) is 111 cm³/mol. The molecule has 0 unspecified atom stereocenters. The molecule has 0 saturated carbocycles. The maximum absolute atomic E-state index is 11.9. The molecular weight excluding hydrogens is 475 g/mol. The Morgan fingerprint density at radius 1 is 1.00 bits per heavy atom. The van der Waals surface area contributed by atoms with Gasteiger partial charge in [-0.25, -0.2) is 4.79 Å². The van der Waals surface area contributed by atoms with E-state index in [1.54, 1.807) is 12.1 Å². The first-order valence-electron chi connectivity index (χ1n) is 8.49. The van der Waals surface area contributed by atoms with E-state index in [0.29, 0.717) is 30.3 Å². The zero-order valence-electron chi connectivity index (χ0n) is 15.0. The second-order valence-electron chi connectivity index (χ2n) is 5.83. The van der Waals surface area contributed by atoms with Gasteiger partial charge < -0.3 is 9.47 Å². The van der Waals surface area contributed by atoms with E-state index in [0.717, 1.165) is 9.13 Å². The molecule has 0 atom stereocenters. The van der Waals surface area contributed by atoms with E-state index in [2.05, 4.69) is 22.6 Å². The molecule has 1 aliphatic heterocycles. The van der Waals surface area contributed by atoms with E-state index in [4.69, 9.17) is 9.47 Å². The molecule has 1 fully saturated rings. The van der Waals surface area contributed by atoms with Crippen molar-refractivity contribution in [3.05, 3.63) is 62.7 Å². The topological polar surface area (TPSA) is 93.7 Å². The molecule has 0 aliphatic carbocycles. The van der Waals surface area contributed by atoms with Gasteiger partial charge in [0.15, 0.2) is 11.5 Å². The molecule has 8 heteroatoms. The predicted octanol–water partition coefficient (Wildman–Crippen LogP) is 3.02. The Morgan fingerprint density at radius 2 is 1.68 bits per heavy atom. The summed E-state index contributed by atoms with van der Waals surface area (Å²) in [6.45, 7) is 2.66. The zero-order valence-corrected chi connectivity index (χ0v) is 17.1. The maximum Gasteiger partial charge on any atom is 0.328 e. The van der Waals surface area contributed by atoms with Gasteiger partial charge in [0.1, 0.15) is 12.2 Å². The highest BCUT2D eigenvalue weighted by Crippen LogP contribution is 2.35. The molecule has 144 valence electrons. The number of barbiturate groups is 1. The molecule has 1 saturated heterocycles. The molecule has 1 aliphatic rings. The van der Waals surface area contributed by atoms with Crippen LogP contribution in [0.15, 0.2) is 48.0 Å². The van der Waals surface area contributed by atoms with Crippen LogP contribution in [0.4, 0.5) is 4.79 Å². The fraction of sp³-hybridized carbons (Fsp3) is 0.150. The third-order valence-electron chi connectivity index (χ3n) is 3.81. The van der Waals surface area contributed by atoms with E-state index in [9.17, 15) is 14.4 Å². The summed E-state index contributed by atoms with van der Waals surface area (Å²) in [5, 5.41) is 4.10. The first-order valence-corrected chi connectivity index (χ1v) is 9.57. The molecule has 1 heterocycles. The normalized spacial score (nSPS) is 13.6. The Hall–Kier alpha value is -2.88. The molecule has 0 radical (unpaired) electrons. The first kappa shape index (κ1) is 19.9. The number of rotatable bonds is 6. The van der Waals surface area contributed by atoms with Crippen molar-refractivity contribution in [1.29, 1.82) is 0 Å². The molecule has 0 spiro atoms. The summed E-state index contributed by atoms with van der Waals surface area (Å²) < 4.78 is 12.4. The van der Waals surface area contributed by atoms with Crippen molar-refractivity contribution < 1.29 is 23.9 Å². The van der Waals surface area contributed by atoms with Crippen LogP contribution in [0.5, 0.6) is 11.5 Å². The SMILES string of the molecule is CCOc1cc(C=C2C(=O)NC(=O)NC2=O)cc(I)c1OCc1ccccc1. The van der Waals surface area contributed by atoms with Crippen molar-refractivity contribution >= 4 is 46.5 Å². The molecule has 2 aromatic rings. The second-order valence-corrected chi connectivity index (χ2v) is 6.99. The molecule has 0 aromatic heterocycles. The Balaban J connectivity index is 1.90. The van der Waals surface area contributed by atoms with Crippen LogP contribution in [-0.2, 0) is 16.2 Å². The molecule has 2 N–H and O–H groups in total. The highest BCUT2D eigenvalue weighted by Gasteiger charge is 2.27. The minimum Gasteiger partial charge on any atom is -0.490 e. The Labute approximate surface area is 175 Å². The second kappa shape index (κ2) is 8.87. The van der Waals surface area contributed by atoms with Gasteiger partial charge in [-0.2, -0.15) is 0 Å².